The van der Waals surface area contributed by atoms with E-state index in [4.69, 9.17) is 17.3 Å². The van der Waals surface area contributed by atoms with Crippen molar-refractivity contribution >= 4 is 23.2 Å². The zero-order valence-electron chi connectivity index (χ0n) is 16.3. The van der Waals surface area contributed by atoms with E-state index < -0.39 is 0 Å². The number of hydrogen-bond acceptors (Lipinski definition) is 3. The Morgan fingerprint density at radius 3 is 2.36 bits per heavy atom. The Hall–Kier alpha value is -1.81. The number of nitrogens with two attached hydrogens (primary N) is 1. The molecule has 0 bridgehead atoms. The molecule has 0 aromatic carbocycles. The second kappa shape index (κ2) is 11.7. The first kappa shape index (κ1) is 23.2. The van der Waals surface area contributed by atoms with Crippen molar-refractivity contribution in [3.8, 4) is 0 Å². The van der Waals surface area contributed by atoms with Crippen LogP contribution in [0.2, 0.25) is 0 Å². The molecule has 1 amide bonds. The van der Waals surface area contributed by atoms with E-state index in [2.05, 4.69) is 44.6 Å². The molecule has 5 heteroatoms. The van der Waals surface area contributed by atoms with Gasteiger partial charge < -0.3 is 11.1 Å². The lowest BCUT2D eigenvalue weighted by atomic mass is 9.94. The summed E-state index contributed by atoms with van der Waals surface area (Å²) in [4.78, 5) is 15.9. The maximum Gasteiger partial charge on any atom is 0.230 e. The van der Waals surface area contributed by atoms with Crippen LogP contribution in [0.5, 0.6) is 0 Å². The fourth-order valence-corrected chi connectivity index (χ4v) is 2.37. The lowest BCUT2D eigenvalue weighted by Gasteiger charge is -2.16. The van der Waals surface area contributed by atoms with Crippen molar-refractivity contribution in [3.63, 3.8) is 0 Å². The van der Waals surface area contributed by atoms with Crippen LogP contribution in [0.3, 0.4) is 0 Å². The van der Waals surface area contributed by atoms with E-state index in [1.807, 2.05) is 19.1 Å². The summed E-state index contributed by atoms with van der Waals surface area (Å²) in [6, 6.07) is 0. The van der Waals surface area contributed by atoms with Crippen LogP contribution in [0.1, 0.15) is 47.5 Å². The van der Waals surface area contributed by atoms with Gasteiger partial charge in [-0.1, -0.05) is 64.4 Å². The molecule has 1 unspecified atom stereocenters. The molecule has 1 aliphatic rings. The summed E-state index contributed by atoms with van der Waals surface area (Å²) in [7, 11) is 1.67. The predicted molar refractivity (Wildman–Crippen MR) is 110 cm³/mol. The summed E-state index contributed by atoms with van der Waals surface area (Å²) in [6.07, 6.45) is 6.97. The van der Waals surface area contributed by atoms with Gasteiger partial charge in [0.1, 0.15) is 0 Å². The first-order chi connectivity index (χ1) is 11.7. The summed E-state index contributed by atoms with van der Waals surface area (Å²) in [5.74, 6) is 1.62. The van der Waals surface area contributed by atoms with Crippen molar-refractivity contribution < 1.29 is 4.79 Å². The molecule has 0 radical (unpaired) electrons. The number of nitrogens with one attached hydrogen (secondary N) is 1. The van der Waals surface area contributed by atoms with E-state index in [-0.39, 0.29) is 18.1 Å². The number of allylic oxidation sites excluding steroid dienone is 5. The average Bonchev–Trinajstić information content (AvgIpc) is 2.55. The Labute approximate surface area is 157 Å². The molecule has 4 nitrogen and oxygen atoms in total. The molecule has 0 aromatic heterocycles. The molecule has 0 spiro atoms. The fraction of sp³-hybridized carbons (Fsp3) is 0.500. The molecule has 0 saturated heterocycles. The van der Waals surface area contributed by atoms with Gasteiger partial charge in [-0.2, -0.15) is 0 Å². The van der Waals surface area contributed by atoms with Crippen LogP contribution in [0, 0.1) is 11.8 Å². The second-order valence-corrected chi connectivity index (χ2v) is 6.76. The maximum absolute atomic E-state index is 11.7. The van der Waals surface area contributed by atoms with Crippen LogP contribution in [0.4, 0.5) is 0 Å². The van der Waals surface area contributed by atoms with Gasteiger partial charge in [-0.3, -0.25) is 9.79 Å². The number of carbonyl (C=O) groups excluding carboxylic acids is 1. The lowest BCUT2D eigenvalue weighted by molar-refractivity contribution is -0.119. The SMILES string of the molecule is C=C(N)NC(=O)CC1=C(Cl)C=C/C(=C/C)C1=NC.CCC(C)C(C)C. The highest BCUT2D eigenvalue weighted by Gasteiger charge is 2.20. The monoisotopic (exact) mass is 365 g/mol. The van der Waals surface area contributed by atoms with E-state index in [0.29, 0.717) is 10.6 Å². The fourth-order valence-electron chi connectivity index (χ4n) is 2.15. The number of halogens is 1. The number of rotatable bonds is 5. The van der Waals surface area contributed by atoms with Crippen molar-refractivity contribution in [1.82, 2.24) is 5.32 Å². The van der Waals surface area contributed by atoms with Gasteiger partial charge >= 0.3 is 0 Å². The third kappa shape index (κ3) is 8.21. The molecule has 1 aliphatic carbocycles. The second-order valence-electron chi connectivity index (χ2n) is 6.36. The average molecular weight is 366 g/mol. The quantitative estimate of drug-likeness (QED) is 0.742. The molecule has 140 valence electrons. The summed E-state index contributed by atoms with van der Waals surface area (Å²) < 4.78 is 0. The Kier molecular flexibility index (Phi) is 10.8. The van der Waals surface area contributed by atoms with Crippen LogP contribution in [0.25, 0.3) is 0 Å². The Morgan fingerprint density at radius 1 is 1.40 bits per heavy atom. The first-order valence-electron chi connectivity index (χ1n) is 8.62. The molecule has 3 N–H and O–H groups in total. The topological polar surface area (TPSA) is 67.5 Å². The molecular weight excluding hydrogens is 334 g/mol. The highest BCUT2D eigenvalue weighted by atomic mass is 35.5. The lowest BCUT2D eigenvalue weighted by Crippen LogP contribution is -2.28. The van der Waals surface area contributed by atoms with Gasteiger partial charge in [0.25, 0.3) is 0 Å². The van der Waals surface area contributed by atoms with Gasteiger partial charge in [0.2, 0.25) is 5.91 Å². The highest BCUT2D eigenvalue weighted by Crippen LogP contribution is 2.26. The van der Waals surface area contributed by atoms with Crippen LogP contribution in [0.15, 0.2) is 51.8 Å². The minimum absolute atomic E-state index is 0.114. The van der Waals surface area contributed by atoms with Crippen molar-refractivity contribution in [2.45, 2.75) is 47.5 Å². The zero-order valence-corrected chi connectivity index (χ0v) is 17.1. The van der Waals surface area contributed by atoms with Crippen LogP contribution < -0.4 is 11.1 Å². The summed E-state index contributed by atoms with van der Waals surface area (Å²) in [5.41, 5.74) is 7.68. The largest absolute Gasteiger partial charge is 0.386 e. The number of nitrogens with zero attached hydrogens (tertiary/aromatic N) is 1. The summed E-state index contributed by atoms with van der Waals surface area (Å²) in [6.45, 7) is 14.4. The number of hydrogen-bond donors (Lipinski definition) is 2. The van der Waals surface area contributed by atoms with Crippen LogP contribution in [-0.2, 0) is 4.79 Å². The number of carbonyl (C=O) groups is 1. The molecule has 1 rings (SSSR count). The van der Waals surface area contributed by atoms with Crippen molar-refractivity contribution in [3.05, 3.63) is 46.8 Å². The van der Waals surface area contributed by atoms with Gasteiger partial charge in [0.15, 0.2) is 0 Å². The summed E-state index contributed by atoms with van der Waals surface area (Å²) in [5, 5.41) is 2.95. The zero-order chi connectivity index (χ0) is 19.6. The highest BCUT2D eigenvalue weighted by molar-refractivity contribution is 6.36. The van der Waals surface area contributed by atoms with Crippen LogP contribution >= 0.6 is 11.6 Å². The molecule has 0 saturated carbocycles. The Morgan fingerprint density at radius 2 is 2.00 bits per heavy atom. The minimum atomic E-state index is -0.262. The molecule has 1 atom stereocenters. The van der Waals surface area contributed by atoms with E-state index in [1.54, 1.807) is 13.1 Å². The third-order valence-corrected chi connectivity index (χ3v) is 4.56. The van der Waals surface area contributed by atoms with E-state index in [0.717, 1.165) is 23.1 Å². The van der Waals surface area contributed by atoms with Gasteiger partial charge in [-0.25, -0.2) is 0 Å². The van der Waals surface area contributed by atoms with E-state index in [1.165, 1.54) is 6.42 Å². The predicted octanol–water partition coefficient (Wildman–Crippen LogP) is 4.69. The Bertz CT molecular complexity index is 598. The van der Waals surface area contributed by atoms with Gasteiger partial charge in [-0.15, -0.1) is 0 Å². The molecule has 25 heavy (non-hydrogen) atoms. The minimum Gasteiger partial charge on any atom is -0.386 e. The molecule has 0 aromatic rings. The van der Waals surface area contributed by atoms with E-state index >= 15 is 0 Å². The smallest absolute Gasteiger partial charge is 0.230 e. The van der Waals surface area contributed by atoms with E-state index in [9.17, 15) is 4.79 Å². The number of aliphatic imine (C=N–C) groups is 1. The maximum atomic E-state index is 11.7. The molecular formula is C20H32ClN3O. The third-order valence-electron chi connectivity index (χ3n) is 4.21. The van der Waals surface area contributed by atoms with Crippen molar-refractivity contribution in [2.75, 3.05) is 7.05 Å². The number of amides is 1. The summed E-state index contributed by atoms with van der Waals surface area (Å²) >= 11 is 6.11. The van der Waals surface area contributed by atoms with Crippen molar-refractivity contribution in [2.24, 2.45) is 22.6 Å². The Balaban J connectivity index is 0.000000697. The normalized spacial score (nSPS) is 18.2. The van der Waals surface area contributed by atoms with Crippen molar-refractivity contribution in [1.29, 1.82) is 0 Å². The standard InChI is InChI=1S/C13H16ClN3O.C7H16/c1-4-9-5-6-11(14)10(13(9)16-3)7-12(18)17-8(2)15;1-5-7(4)6(2)3/h4-6H,2,7,15H2,1,3H3,(H,17,18);6-7H,5H2,1-4H3/b9-4-,16-13?;. The first-order valence-corrected chi connectivity index (χ1v) is 9.00. The van der Waals surface area contributed by atoms with Gasteiger partial charge in [0.05, 0.1) is 18.0 Å². The molecule has 0 fully saturated rings. The van der Waals surface area contributed by atoms with Gasteiger partial charge in [-0.05, 0) is 30.4 Å². The molecule has 0 aliphatic heterocycles. The molecule has 0 heterocycles. The van der Waals surface area contributed by atoms with Gasteiger partial charge in [0, 0.05) is 17.7 Å². The van der Waals surface area contributed by atoms with Crippen LogP contribution in [-0.4, -0.2) is 18.7 Å².